The first kappa shape index (κ1) is 19.5. The molecule has 0 amide bonds. The van der Waals surface area contributed by atoms with Crippen LogP contribution in [0.4, 0.5) is 0 Å². The number of allylic oxidation sites excluding steroid dienone is 1. The molecule has 2 fully saturated rings. The van der Waals surface area contributed by atoms with Gasteiger partial charge in [-0.1, -0.05) is 63.7 Å². The molecule has 0 radical (unpaired) electrons. The quantitative estimate of drug-likeness (QED) is 0.439. The van der Waals surface area contributed by atoms with Crippen LogP contribution in [0.25, 0.3) is 0 Å². The van der Waals surface area contributed by atoms with Gasteiger partial charge >= 0.3 is 0 Å². The van der Waals surface area contributed by atoms with Crippen molar-refractivity contribution in [2.75, 3.05) is 6.61 Å². The van der Waals surface area contributed by atoms with Crippen molar-refractivity contribution in [1.82, 2.24) is 0 Å². The van der Waals surface area contributed by atoms with Gasteiger partial charge < -0.3 is 4.74 Å². The Morgan fingerprint density at radius 3 is 2.42 bits per heavy atom. The molecular formula is C25H38O. The molecule has 1 heteroatoms. The van der Waals surface area contributed by atoms with E-state index in [1.807, 2.05) is 0 Å². The number of hydrogen-bond donors (Lipinski definition) is 0. The SMILES string of the molecule is C=CC1CCCC(c2ccc(OCC3CCC(CCCC)CC3)cc2)C1. The Morgan fingerprint density at radius 2 is 1.73 bits per heavy atom. The molecule has 0 spiro atoms. The highest BCUT2D eigenvalue weighted by Crippen LogP contribution is 2.37. The maximum Gasteiger partial charge on any atom is 0.119 e. The molecule has 1 aromatic rings. The van der Waals surface area contributed by atoms with Gasteiger partial charge in [0, 0.05) is 0 Å². The summed E-state index contributed by atoms with van der Waals surface area (Å²) in [6.07, 6.45) is 17.1. The van der Waals surface area contributed by atoms with Gasteiger partial charge in [0.25, 0.3) is 0 Å². The average molecular weight is 355 g/mol. The molecule has 1 aromatic carbocycles. The topological polar surface area (TPSA) is 9.23 Å². The van der Waals surface area contributed by atoms with Crippen LogP contribution in [0.3, 0.4) is 0 Å². The minimum atomic E-state index is 0.706. The van der Waals surface area contributed by atoms with E-state index in [1.165, 1.54) is 76.2 Å². The van der Waals surface area contributed by atoms with Gasteiger partial charge in [-0.3, -0.25) is 0 Å². The highest BCUT2D eigenvalue weighted by molar-refractivity contribution is 5.30. The first-order chi connectivity index (χ1) is 12.8. The molecule has 144 valence electrons. The fourth-order valence-corrected chi connectivity index (χ4v) is 4.97. The van der Waals surface area contributed by atoms with Crippen LogP contribution < -0.4 is 4.74 Å². The molecule has 2 aliphatic carbocycles. The Morgan fingerprint density at radius 1 is 1.00 bits per heavy atom. The van der Waals surface area contributed by atoms with Gasteiger partial charge in [-0.05, 0) is 73.5 Å². The maximum atomic E-state index is 6.13. The van der Waals surface area contributed by atoms with E-state index in [9.17, 15) is 0 Å². The molecule has 0 aliphatic heterocycles. The summed E-state index contributed by atoms with van der Waals surface area (Å²) in [5, 5.41) is 0. The third-order valence-electron chi connectivity index (χ3n) is 6.82. The molecule has 0 saturated heterocycles. The van der Waals surface area contributed by atoms with Gasteiger partial charge in [0.1, 0.15) is 5.75 Å². The zero-order chi connectivity index (χ0) is 18.2. The van der Waals surface area contributed by atoms with E-state index in [0.29, 0.717) is 11.8 Å². The minimum absolute atomic E-state index is 0.706. The van der Waals surface area contributed by atoms with E-state index < -0.39 is 0 Å². The summed E-state index contributed by atoms with van der Waals surface area (Å²) in [5.41, 5.74) is 1.49. The minimum Gasteiger partial charge on any atom is -0.493 e. The smallest absolute Gasteiger partial charge is 0.119 e. The highest BCUT2D eigenvalue weighted by Gasteiger charge is 2.22. The maximum absolute atomic E-state index is 6.13. The Balaban J connectivity index is 1.41. The Kier molecular flexibility index (Phi) is 7.65. The summed E-state index contributed by atoms with van der Waals surface area (Å²) < 4.78 is 6.13. The van der Waals surface area contributed by atoms with Gasteiger partial charge in [0.15, 0.2) is 0 Å². The van der Waals surface area contributed by atoms with Crippen molar-refractivity contribution >= 4 is 0 Å². The van der Waals surface area contributed by atoms with Crippen molar-refractivity contribution in [3.63, 3.8) is 0 Å². The number of benzene rings is 1. The molecule has 0 heterocycles. The van der Waals surface area contributed by atoms with Crippen LogP contribution in [0.2, 0.25) is 0 Å². The number of unbranched alkanes of at least 4 members (excludes halogenated alkanes) is 1. The molecule has 2 aliphatic rings. The second-order valence-electron chi connectivity index (χ2n) is 8.77. The van der Waals surface area contributed by atoms with E-state index in [1.54, 1.807) is 0 Å². The monoisotopic (exact) mass is 354 g/mol. The number of hydrogen-bond acceptors (Lipinski definition) is 1. The molecule has 2 unspecified atom stereocenters. The molecule has 0 N–H and O–H groups in total. The standard InChI is InChI=1S/C25H38O/c1-3-5-7-21-10-12-22(13-11-21)19-26-25-16-14-23(15-17-25)24-9-6-8-20(4-2)18-24/h4,14-17,20-22,24H,2-3,5-13,18-19H2,1H3. The van der Waals surface area contributed by atoms with E-state index in [2.05, 4.69) is 43.8 Å². The summed E-state index contributed by atoms with van der Waals surface area (Å²) in [4.78, 5) is 0. The van der Waals surface area contributed by atoms with E-state index in [-0.39, 0.29) is 0 Å². The van der Waals surface area contributed by atoms with Crippen molar-refractivity contribution in [2.24, 2.45) is 17.8 Å². The fraction of sp³-hybridized carbons (Fsp3) is 0.680. The van der Waals surface area contributed by atoms with Crippen molar-refractivity contribution < 1.29 is 4.74 Å². The molecule has 2 saturated carbocycles. The lowest BCUT2D eigenvalue weighted by Crippen LogP contribution is -2.20. The normalized spacial score (nSPS) is 29.3. The lowest BCUT2D eigenvalue weighted by molar-refractivity contribution is 0.178. The first-order valence-electron chi connectivity index (χ1n) is 11.1. The Hall–Kier alpha value is -1.24. The number of rotatable bonds is 8. The predicted molar refractivity (Wildman–Crippen MR) is 112 cm³/mol. The molecule has 0 aromatic heterocycles. The molecular weight excluding hydrogens is 316 g/mol. The molecule has 2 atom stereocenters. The van der Waals surface area contributed by atoms with Crippen LogP contribution in [-0.4, -0.2) is 6.61 Å². The summed E-state index contributed by atoms with van der Waals surface area (Å²) in [7, 11) is 0. The van der Waals surface area contributed by atoms with Crippen LogP contribution >= 0.6 is 0 Å². The molecule has 1 nitrogen and oxygen atoms in total. The van der Waals surface area contributed by atoms with Crippen LogP contribution in [0.5, 0.6) is 5.75 Å². The molecule has 26 heavy (non-hydrogen) atoms. The second kappa shape index (κ2) is 10.2. The summed E-state index contributed by atoms with van der Waals surface area (Å²) in [5.74, 6) is 4.22. The summed E-state index contributed by atoms with van der Waals surface area (Å²) in [6.45, 7) is 7.20. The largest absolute Gasteiger partial charge is 0.493 e. The summed E-state index contributed by atoms with van der Waals surface area (Å²) in [6, 6.07) is 8.99. The van der Waals surface area contributed by atoms with Crippen LogP contribution in [0.15, 0.2) is 36.9 Å². The predicted octanol–water partition coefficient (Wildman–Crippen LogP) is 7.52. The second-order valence-corrected chi connectivity index (χ2v) is 8.77. The van der Waals surface area contributed by atoms with E-state index >= 15 is 0 Å². The van der Waals surface area contributed by atoms with Crippen molar-refractivity contribution in [3.05, 3.63) is 42.5 Å². The zero-order valence-corrected chi connectivity index (χ0v) is 16.8. The lowest BCUT2D eigenvalue weighted by atomic mass is 9.78. The van der Waals surface area contributed by atoms with Gasteiger partial charge in [0.05, 0.1) is 6.61 Å². The van der Waals surface area contributed by atoms with Crippen LogP contribution in [0.1, 0.15) is 89.0 Å². The highest BCUT2D eigenvalue weighted by atomic mass is 16.5. The molecule has 3 rings (SSSR count). The van der Waals surface area contributed by atoms with E-state index in [4.69, 9.17) is 4.74 Å². The third kappa shape index (κ3) is 5.63. The zero-order valence-electron chi connectivity index (χ0n) is 16.8. The van der Waals surface area contributed by atoms with Crippen LogP contribution in [-0.2, 0) is 0 Å². The first-order valence-corrected chi connectivity index (χ1v) is 11.1. The lowest BCUT2D eigenvalue weighted by Gasteiger charge is -2.29. The van der Waals surface area contributed by atoms with Gasteiger partial charge in [-0.2, -0.15) is 0 Å². The molecule has 0 bridgehead atoms. The van der Waals surface area contributed by atoms with Crippen molar-refractivity contribution in [1.29, 1.82) is 0 Å². The van der Waals surface area contributed by atoms with Crippen molar-refractivity contribution in [3.8, 4) is 5.75 Å². The third-order valence-corrected chi connectivity index (χ3v) is 6.82. The van der Waals surface area contributed by atoms with Gasteiger partial charge in [-0.15, -0.1) is 6.58 Å². The van der Waals surface area contributed by atoms with E-state index in [0.717, 1.165) is 24.2 Å². The van der Waals surface area contributed by atoms with Crippen molar-refractivity contribution in [2.45, 2.75) is 83.5 Å². The summed E-state index contributed by atoms with van der Waals surface area (Å²) >= 11 is 0. The number of ether oxygens (including phenoxy) is 1. The van der Waals surface area contributed by atoms with Gasteiger partial charge in [0.2, 0.25) is 0 Å². The fourth-order valence-electron chi connectivity index (χ4n) is 4.97. The van der Waals surface area contributed by atoms with Gasteiger partial charge in [-0.25, -0.2) is 0 Å². The average Bonchev–Trinajstić information content (AvgIpc) is 2.72. The Labute approximate surface area is 161 Å². The Bertz CT molecular complexity index is 524. The van der Waals surface area contributed by atoms with Crippen LogP contribution in [0, 0.1) is 17.8 Å².